The maximum absolute atomic E-state index is 3.45. The van der Waals surface area contributed by atoms with Crippen molar-refractivity contribution >= 4 is 27.2 Å². The minimum absolute atomic E-state index is 1.02. The lowest BCUT2D eigenvalue weighted by atomic mass is 10.0. The number of rotatable bonds is 3. The van der Waals surface area contributed by atoms with Crippen LogP contribution in [0.1, 0.15) is 13.3 Å². The Morgan fingerprint density at radius 2 is 1.56 bits per heavy atom. The summed E-state index contributed by atoms with van der Waals surface area (Å²) in [5.74, 6) is 0. The van der Waals surface area contributed by atoms with Crippen molar-refractivity contribution < 1.29 is 0 Å². The zero-order chi connectivity index (χ0) is 12.4. The molecule has 1 heteroatoms. The van der Waals surface area contributed by atoms with Gasteiger partial charge in [-0.15, -0.1) is 0 Å². The van der Waals surface area contributed by atoms with E-state index in [0.717, 1.165) is 13.0 Å². The van der Waals surface area contributed by atoms with E-state index in [1.165, 1.54) is 27.2 Å². The van der Waals surface area contributed by atoms with Gasteiger partial charge in [0.05, 0.1) is 0 Å². The lowest BCUT2D eigenvalue weighted by Crippen LogP contribution is -1.98. The molecule has 3 rings (SSSR count). The van der Waals surface area contributed by atoms with Crippen LogP contribution in [0.4, 0.5) is 5.69 Å². The van der Waals surface area contributed by atoms with Crippen LogP contribution >= 0.6 is 0 Å². The molecule has 0 aliphatic heterocycles. The van der Waals surface area contributed by atoms with Gasteiger partial charge in [-0.1, -0.05) is 49.4 Å². The Labute approximate surface area is 107 Å². The summed E-state index contributed by atoms with van der Waals surface area (Å²) in [5.41, 5.74) is 1.21. The second-order valence-corrected chi connectivity index (χ2v) is 4.65. The summed E-state index contributed by atoms with van der Waals surface area (Å²) in [5, 5.41) is 8.71. The van der Waals surface area contributed by atoms with E-state index in [1.54, 1.807) is 0 Å². The van der Waals surface area contributed by atoms with Gasteiger partial charge >= 0.3 is 0 Å². The van der Waals surface area contributed by atoms with Crippen molar-refractivity contribution in [1.29, 1.82) is 0 Å². The van der Waals surface area contributed by atoms with Crippen molar-refractivity contribution in [3.8, 4) is 0 Å². The number of nitrogens with one attached hydrogen (secondary N) is 1. The Balaban J connectivity index is 2.20. The Hall–Kier alpha value is -2.02. The monoisotopic (exact) mass is 235 g/mol. The summed E-state index contributed by atoms with van der Waals surface area (Å²) < 4.78 is 0. The van der Waals surface area contributed by atoms with Crippen LogP contribution in [0.3, 0.4) is 0 Å². The molecule has 0 unspecified atom stereocenters. The maximum atomic E-state index is 3.45. The van der Waals surface area contributed by atoms with Crippen molar-refractivity contribution in [2.45, 2.75) is 13.3 Å². The molecule has 3 aromatic rings. The van der Waals surface area contributed by atoms with Crippen LogP contribution in [0.5, 0.6) is 0 Å². The highest BCUT2D eigenvalue weighted by Gasteiger charge is 2.01. The first-order chi connectivity index (χ1) is 8.88. The predicted octanol–water partition coefficient (Wildman–Crippen LogP) is 4.81. The predicted molar refractivity (Wildman–Crippen MR) is 80.2 cm³/mol. The Morgan fingerprint density at radius 1 is 0.833 bits per heavy atom. The molecular formula is C17H17N. The van der Waals surface area contributed by atoms with Crippen LogP contribution in [0.2, 0.25) is 0 Å². The Morgan fingerprint density at radius 3 is 2.39 bits per heavy atom. The molecular weight excluding hydrogens is 218 g/mol. The second-order valence-electron chi connectivity index (χ2n) is 4.65. The fourth-order valence-electron chi connectivity index (χ4n) is 2.38. The highest BCUT2D eigenvalue weighted by molar-refractivity contribution is 6.08. The minimum atomic E-state index is 1.02. The van der Waals surface area contributed by atoms with Crippen LogP contribution in [0.25, 0.3) is 21.5 Å². The first kappa shape index (κ1) is 11.1. The van der Waals surface area contributed by atoms with Gasteiger partial charge in [0.15, 0.2) is 0 Å². The van der Waals surface area contributed by atoms with E-state index >= 15 is 0 Å². The molecule has 18 heavy (non-hydrogen) atoms. The third kappa shape index (κ3) is 1.92. The van der Waals surface area contributed by atoms with E-state index in [9.17, 15) is 0 Å². The summed E-state index contributed by atoms with van der Waals surface area (Å²) in [4.78, 5) is 0. The van der Waals surface area contributed by atoms with E-state index < -0.39 is 0 Å². The fourth-order valence-corrected chi connectivity index (χ4v) is 2.38. The Kier molecular flexibility index (Phi) is 2.89. The summed E-state index contributed by atoms with van der Waals surface area (Å²) >= 11 is 0. The third-order valence-electron chi connectivity index (χ3n) is 3.33. The molecule has 3 aromatic carbocycles. The molecule has 0 amide bonds. The van der Waals surface area contributed by atoms with Crippen molar-refractivity contribution in [2.75, 3.05) is 11.9 Å². The molecule has 0 aliphatic carbocycles. The third-order valence-corrected chi connectivity index (χ3v) is 3.33. The molecule has 90 valence electrons. The number of hydrogen-bond donors (Lipinski definition) is 1. The number of fused-ring (bicyclic) bond motifs is 3. The molecule has 0 radical (unpaired) electrons. The molecule has 0 fully saturated rings. The quantitative estimate of drug-likeness (QED) is 0.642. The summed E-state index contributed by atoms with van der Waals surface area (Å²) in [7, 11) is 0. The van der Waals surface area contributed by atoms with Crippen LogP contribution in [0.15, 0.2) is 54.6 Å². The average molecular weight is 235 g/mol. The lowest BCUT2D eigenvalue weighted by Gasteiger charge is -2.08. The first-order valence-electron chi connectivity index (χ1n) is 6.54. The average Bonchev–Trinajstić information content (AvgIpc) is 2.45. The SMILES string of the molecule is CCCNc1ccc2ccc3ccccc3c2c1. The molecule has 0 heterocycles. The van der Waals surface area contributed by atoms with Crippen LogP contribution in [0, 0.1) is 0 Å². The highest BCUT2D eigenvalue weighted by Crippen LogP contribution is 2.27. The largest absolute Gasteiger partial charge is 0.385 e. The topological polar surface area (TPSA) is 12.0 Å². The van der Waals surface area contributed by atoms with Gasteiger partial charge in [0, 0.05) is 12.2 Å². The molecule has 0 saturated heterocycles. The molecule has 0 aliphatic rings. The molecule has 0 spiro atoms. The standard InChI is InChI=1S/C17H17N/c1-2-11-18-15-10-9-14-8-7-13-5-3-4-6-16(13)17(14)12-15/h3-10,12,18H,2,11H2,1H3. The van der Waals surface area contributed by atoms with E-state index in [1.807, 2.05) is 0 Å². The van der Waals surface area contributed by atoms with Crippen LogP contribution < -0.4 is 5.32 Å². The fraction of sp³-hybridized carbons (Fsp3) is 0.176. The zero-order valence-electron chi connectivity index (χ0n) is 10.6. The molecule has 0 aromatic heterocycles. The van der Waals surface area contributed by atoms with Crippen LogP contribution in [-0.2, 0) is 0 Å². The normalized spacial score (nSPS) is 10.9. The van der Waals surface area contributed by atoms with Crippen molar-refractivity contribution in [3.05, 3.63) is 54.6 Å². The van der Waals surface area contributed by atoms with Gasteiger partial charge in [-0.3, -0.25) is 0 Å². The van der Waals surface area contributed by atoms with Gasteiger partial charge in [-0.05, 0) is 40.1 Å². The number of hydrogen-bond acceptors (Lipinski definition) is 1. The van der Waals surface area contributed by atoms with E-state index in [-0.39, 0.29) is 0 Å². The van der Waals surface area contributed by atoms with E-state index in [4.69, 9.17) is 0 Å². The van der Waals surface area contributed by atoms with Gasteiger partial charge in [-0.2, -0.15) is 0 Å². The minimum Gasteiger partial charge on any atom is -0.385 e. The molecule has 0 atom stereocenters. The Bertz CT molecular complexity index is 685. The summed E-state index contributed by atoms with van der Waals surface area (Å²) in [6, 6.07) is 19.6. The van der Waals surface area contributed by atoms with Gasteiger partial charge in [-0.25, -0.2) is 0 Å². The zero-order valence-corrected chi connectivity index (χ0v) is 10.6. The summed E-state index contributed by atoms with van der Waals surface area (Å²) in [6.45, 7) is 3.21. The van der Waals surface area contributed by atoms with Crippen molar-refractivity contribution in [1.82, 2.24) is 0 Å². The molecule has 1 N–H and O–H groups in total. The van der Waals surface area contributed by atoms with Gasteiger partial charge in [0.25, 0.3) is 0 Å². The maximum Gasteiger partial charge on any atom is 0.0346 e. The summed E-state index contributed by atoms with van der Waals surface area (Å²) in [6.07, 6.45) is 1.15. The highest BCUT2D eigenvalue weighted by atomic mass is 14.9. The number of anilines is 1. The number of benzene rings is 3. The van der Waals surface area contributed by atoms with Crippen molar-refractivity contribution in [2.24, 2.45) is 0 Å². The van der Waals surface area contributed by atoms with Gasteiger partial charge < -0.3 is 5.32 Å². The van der Waals surface area contributed by atoms with Gasteiger partial charge in [0.2, 0.25) is 0 Å². The van der Waals surface area contributed by atoms with E-state index in [0.29, 0.717) is 0 Å². The second kappa shape index (κ2) is 4.69. The molecule has 1 nitrogen and oxygen atoms in total. The van der Waals surface area contributed by atoms with E-state index in [2.05, 4.69) is 66.8 Å². The molecule has 0 saturated carbocycles. The first-order valence-corrected chi connectivity index (χ1v) is 6.54. The smallest absolute Gasteiger partial charge is 0.0346 e. The van der Waals surface area contributed by atoms with Crippen molar-refractivity contribution in [3.63, 3.8) is 0 Å². The van der Waals surface area contributed by atoms with Crippen LogP contribution in [-0.4, -0.2) is 6.54 Å². The lowest BCUT2D eigenvalue weighted by molar-refractivity contribution is 0.980. The van der Waals surface area contributed by atoms with Gasteiger partial charge in [0.1, 0.15) is 0 Å². The molecule has 0 bridgehead atoms.